The van der Waals surface area contributed by atoms with Gasteiger partial charge in [0.05, 0.1) is 14.2 Å². The minimum Gasteiger partial charge on any atom is -0.493 e. The Morgan fingerprint density at radius 2 is 1.94 bits per heavy atom. The number of aryl methyl sites for hydroxylation is 1. The molecule has 18 heavy (non-hydrogen) atoms. The van der Waals surface area contributed by atoms with Crippen LogP contribution in [0.25, 0.3) is 0 Å². The molecule has 2 N–H and O–H groups in total. The van der Waals surface area contributed by atoms with Gasteiger partial charge in [-0.15, -0.1) is 0 Å². The molecule has 5 heteroatoms. The Hall–Kier alpha value is -2.17. The topological polar surface area (TPSA) is 67.8 Å². The number of hydrogen-bond acceptors (Lipinski definition) is 4. The van der Waals surface area contributed by atoms with Gasteiger partial charge >= 0.3 is 5.97 Å². The SMILES string of the molecule is COc1cc(C)c(NC/C=C/C(=O)O)cc1OC. The van der Waals surface area contributed by atoms with E-state index < -0.39 is 5.97 Å². The molecular formula is C13H17NO4. The van der Waals surface area contributed by atoms with Crippen LogP contribution in [0.5, 0.6) is 11.5 Å². The summed E-state index contributed by atoms with van der Waals surface area (Å²) in [7, 11) is 3.15. The zero-order valence-electron chi connectivity index (χ0n) is 10.7. The maximum atomic E-state index is 10.3. The van der Waals surface area contributed by atoms with Crippen molar-refractivity contribution in [2.75, 3.05) is 26.1 Å². The summed E-state index contributed by atoms with van der Waals surface area (Å²) >= 11 is 0. The number of carboxylic acids is 1. The molecule has 1 aromatic rings. The molecule has 0 aliphatic heterocycles. The van der Waals surface area contributed by atoms with Crippen molar-refractivity contribution in [2.45, 2.75) is 6.92 Å². The molecule has 0 fully saturated rings. The first kappa shape index (κ1) is 13.9. The summed E-state index contributed by atoms with van der Waals surface area (Å²) in [5.74, 6) is 0.343. The molecule has 0 spiro atoms. The highest BCUT2D eigenvalue weighted by Gasteiger charge is 2.07. The summed E-state index contributed by atoms with van der Waals surface area (Å²) in [5.41, 5.74) is 1.87. The van der Waals surface area contributed by atoms with Crippen LogP contribution in [0.2, 0.25) is 0 Å². The highest BCUT2D eigenvalue weighted by atomic mass is 16.5. The Kier molecular flexibility index (Phi) is 5.05. The number of benzene rings is 1. The van der Waals surface area contributed by atoms with Crippen molar-refractivity contribution in [3.8, 4) is 11.5 Å². The third kappa shape index (κ3) is 3.69. The van der Waals surface area contributed by atoms with Crippen LogP contribution < -0.4 is 14.8 Å². The summed E-state index contributed by atoms with van der Waals surface area (Å²) in [6.45, 7) is 2.37. The number of nitrogens with one attached hydrogen (secondary N) is 1. The van der Waals surface area contributed by atoms with E-state index in [4.69, 9.17) is 14.6 Å². The van der Waals surface area contributed by atoms with Crippen molar-refractivity contribution in [3.05, 3.63) is 29.8 Å². The second-order valence-electron chi connectivity index (χ2n) is 3.64. The van der Waals surface area contributed by atoms with Crippen molar-refractivity contribution in [2.24, 2.45) is 0 Å². The molecular weight excluding hydrogens is 234 g/mol. The third-order valence-electron chi connectivity index (χ3n) is 2.40. The Labute approximate surface area is 106 Å². The third-order valence-corrected chi connectivity index (χ3v) is 2.40. The van der Waals surface area contributed by atoms with Crippen LogP contribution in [0.3, 0.4) is 0 Å². The summed E-state index contributed by atoms with van der Waals surface area (Å²) in [6.07, 6.45) is 2.64. The molecule has 1 aromatic carbocycles. The summed E-state index contributed by atoms with van der Waals surface area (Å²) < 4.78 is 10.4. The highest BCUT2D eigenvalue weighted by Crippen LogP contribution is 2.32. The van der Waals surface area contributed by atoms with Gasteiger partial charge in [0, 0.05) is 24.4 Å². The molecule has 0 atom stereocenters. The van der Waals surface area contributed by atoms with Gasteiger partial charge in [0.25, 0.3) is 0 Å². The summed E-state index contributed by atoms with van der Waals surface area (Å²) in [5, 5.41) is 11.6. The van der Waals surface area contributed by atoms with Crippen molar-refractivity contribution < 1.29 is 19.4 Å². The highest BCUT2D eigenvalue weighted by molar-refractivity contribution is 5.79. The molecule has 5 nitrogen and oxygen atoms in total. The smallest absolute Gasteiger partial charge is 0.328 e. The monoisotopic (exact) mass is 251 g/mol. The number of rotatable bonds is 6. The lowest BCUT2D eigenvalue weighted by Crippen LogP contribution is -2.02. The number of anilines is 1. The van der Waals surface area contributed by atoms with Crippen LogP contribution in [-0.2, 0) is 4.79 Å². The number of carbonyl (C=O) groups is 1. The Balaban J connectivity index is 2.80. The van der Waals surface area contributed by atoms with Gasteiger partial charge in [-0.25, -0.2) is 4.79 Å². The average Bonchev–Trinajstić information content (AvgIpc) is 2.35. The number of carboxylic acid groups (broad SMARTS) is 1. The lowest BCUT2D eigenvalue weighted by Gasteiger charge is -2.13. The molecule has 0 aliphatic carbocycles. The molecule has 0 saturated carbocycles. The van der Waals surface area contributed by atoms with Gasteiger partial charge in [-0.05, 0) is 18.6 Å². The van der Waals surface area contributed by atoms with Gasteiger partial charge in [0.15, 0.2) is 11.5 Å². The van der Waals surface area contributed by atoms with E-state index in [0.29, 0.717) is 18.0 Å². The quantitative estimate of drug-likeness (QED) is 0.757. The fourth-order valence-corrected chi connectivity index (χ4v) is 1.50. The number of methoxy groups -OCH3 is 2. The van der Waals surface area contributed by atoms with Gasteiger partial charge < -0.3 is 19.9 Å². The molecule has 0 bridgehead atoms. The fourth-order valence-electron chi connectivity index (χ4n) is 1.50. The standard InChI is InChI=1S/C13H17NO4/c1-9-7-11(17-2)12(18-3)8-10(9)14-6-4-5-13(15)16/h4-5,7-8,14H,6H2,1-3H3,(H,15,16)/b5-4+. The van der Waals surface area contributed by atoms with Crippen molar-refractivity contribution >= 4 is 11.7 Å². The lowest BCUT2D eigenvalue weighted by atomic mass is 10.1. The first-order valence-corrected chi connectivity index (χ1v) is 5.44. The van der Waals surface area contributed by atoms with Gasteiger partial charge in [0.2, 0.25) is 0 Å². The number of aliphatic carboxylic acids is 1. The fraction of sp³-hybridized carbons (Fsp3) is 0.308. The Morgan fingerprint density at radius 3 is 2.50 bits per heavy atom. The maximum Gasteiger partial charge on any atom is 0.328 e. The molecule has 0 saturated heterocycles. The molecule has 0 unspecified atom stereocenters. The van der Waals surface area contributed by atoms with Crippen LogP contribution in [-0.4, -0.2) is 31.8 Å². The lowest BCUT2D eigenvalue weighted by molar-refractivity contribution is -0.131. The van der Waals surface area contributed by atoms with Gasteiger partial charge in [0.1, 0.15) is 0 Å². The minimum absolute atomic E-state index is 0.433. The first-order valence-electron chi connectivity index (χ1n) is 5.44. The van der Waals surface area contributed by atoms with Gasteiger partial charge in [-0.1, -0.05) is 6.08 Å². The molecule has 0 aromatic heterocycles. The number of ether oxygens (including phenoxy) is 2. The van der Waals surface area contributed by atoms with E-state index in [1.54, 1.807) is 20.3 Å². The Bertz CT molecular complexity index is 455. The zero-order valence-corrected chi connectivity index (χ0v) is 10.7. The largest absolute Gasteiger partial charge is 0.493 e. The second-order valence-corrected chi connectivity index (χ2v) is 3.64. The van der Waals surface area contributed by atoms with Crippen molar-refractivity contribution in [1.82, 2.24) is 0 Å². The summed E-state index contributed by atoms with van der Waals surface area (Å²) in [4.78, 5) is 10.3. The zero-order chi connectivity index (χ0) is 13.5. The van der Waals surface area contributed by atoms with E-state index >= 15 is 0 Å². The van der Waals surface area contributed by atoms with Crippen LogP contribution in [0, 0.1) is 6.92 Å². The Morgan fingerprint density at radius 1 is 1.33 bits per heavy atom. The molecule has 0 heterocycles. The van der Waals surface area contributed by atoms with Crippen molar-refractivity contribution in [1.29, 1.82) is 0 Å². The second kappa shape index (κ2) is 6.54. The number of hydrogen-bond donors (Lipinski definition) is 2. The molecule has 1 rings (SSSR count). The van der Waals surface area contributed by atoms with E-state index in [0.717, 1.165) is 17.3 Å². The minimum atomic E-state index is -0.958. The average molecular weight is 251 g/mol. The van der Waals surface area contributed by atoms with E-state index in [2.05, 4.69) is 5.32 Å². The van der Waals surface area contributed by atoms with E-state index in [1.807, 2.05) is 19.1 Å². The molecule has 0 aliphatic rings. The molecule has 98 valence electrons. The van der Waals surface area contributed by atoms with E-state index in [1.165, 1.54) is 0 Å². The van der Waals surface area contributed by atoms with Crippen LogP contribution in [0.15, 0.2) is 24.3 Å². The van der Waals surface area contributed by atoms with Crippen LogP contribution in [0.4, 0.5) is 5.69 Å². The van der Waals surface area contributed by atoms with E-state index in [9.17, 15) is 4.79 Å². The van der Waals surface area contributed by atoms with E-state index in [-0.39, 0.29) is 0 Å². The normalized spacial score (nSPS) is 10.4. The summed E-state index contributed by atoms with van der Waals surface area (Å²) in [6, 6.07) is 3.69. The predicted octanol–water partition coefficient (Wildman–Crippen LogP) is 2.06. The van der Waals surface area contributed by atoms with Gasteiger partial charge in [-0.3, -0.25) is 0 Å². The van der Waals surface area contributed by atoms with Crippen LogP contribution in [0.1, 0.15) is 5.56 Å². The molecule has 0 radical (unpaired) electrons. The first-order chi connectivity index (χ1) is 8.58. The van der Waals surface area contributed by atoms with Crippen molar-refractivity contribution in [3.63, 3.8) is 0 Å². The van der Waals surface area contributed by atoms with Gasteiger partial charge in [-0.2, -0.15) is 0 Å². The van der Waals surface area contributed by atoms with Crippen LogP contribution >= 0.6 is 0 Å². The maximum absolute atomic E-state index is 10.3. The predicted molar refractivity (Wildman–Crippen MR) is 69.5 cm³/mol. The molecule has 0 amide bonds.